The number of amides is 2. The van der Waals surface area contributed by atoms with Crippen LogP contribution in [0.5, 0.6) is 5.75 Å². The van der Waals surface area contributed by atoms with E-state index in [4.69, 9.17) is 9.47 Å². The molecule has 0 aromatic heterocycles. The molecule has 4 rings (SSSR count). The summed E-state index contributed by atoms with van der Waals surface area (Å²) in [6.45, 7) is -0.160. The minimum atomic E-state index is -0.473. The highest BCUT2D eigenvalue weighted by Gasteiger charge is 2.46. The summed E-state index contributed by atoms with van der Waals surface area (Å²) in [4.78, 5) is 25.8. The summed E-state index contributed by atoms with van der Waals surface area (Å²) in [5.74, 6) is 1.38. The molecule has 1 aromatic rings. The van der Waals surface area contributed by atoms with Crippen molar-refractivity contribution in [1.29, 1.82) is 0 Å². The first kappa shape index (κ1) is 19.2. The number of aliphatic hydroxyl groups excluding tert-OH is 1. The van der Waals surface area contributed by atoms with Crippen molar-refractivity contribution < 1.29 is 24.2 Å². The van der Waals surface area contributed by atoms with E-state index in [-0.39, 0.29) is 43.0 Å². The van der Waals surface area contributed by atoms with E-state index in [1.54, 1.807) is 19.0 Å². The second-order valence-electron chi connectivity index (χ2n) is 8.34. The molecule has 2 aliphatic heterocycles. The Hall–Kier alpha value is -2.12. The predicted octanol–water partition coefficient (Wildman–Crippen LogP) is 1.90. The molecule has 0 unspecified atom stereocenters. The van der Waals surface area contributed by atoms with Gasteiger partial charge in [0, 0.05) is 37.7 Å². The van der Waals surface area contributed by atoms with Gasteiger partial charge in [-0.2, -0.15) is 0 Å². The van der Waals surface area contributed by atoms with E-state index in [0.717, 1.165) is 29.8 Å². The minimum absolute atomic E-state index is 0.000341. The van der Waals surface area contributed by atoms with E-state index < -0.39 is 6.10 Å². The minimum Gasteiger partial charge on any atom is -0.487 e. The molecule has 2 fully saturated rings. The maximum absolute atomic E-state index is 12.1. The van der Waals surface area contributed by atoms with Crippen LogP contribution in [0.1, 0.15) is 43.6 Å². The number of nitrogens with zero attached hydrogens (tertiary/aromatic N) is 1. The van der Waals surface area contributed by atoms with E-state index in [1.165, 1.54) is 0 Å². The zero-order chi connectivity index (χ0) is 19.8. The van der Waals surface area contributed by atoms with Crippen LogP contribution in [0.25, 0.3) is 0 Å². The fraction of sp³-hybridized carbons (Fsp3) is 0.619. The van der Waals surface area contributed by atoms with Crippen LogP contribution in [0.4, 0.5) is 5.69 Å². The number of rotatable bonds is 6. The molecule has 1 saturated heterocycles. The highest BCUT2D eigenvalue weighted by molar-refractivity contribution is 5.91. The molecule has 1 saturated carbocycles. The molecule has 28 heavy (non-hydrogen) atoms. The van der Waals surface area contributed by atoms with Crippen LogP contribution < -0.4 is 10.1 Å². The summed E-state index contributed by atoms with van der Waals surface area (Å²) in [7, 11) is 3.45. The molecule has 1 aromatic carbocycles. The molecule has 152 valence electrons. The standard InChI is InChI=1S/C21H28N2O5/c1-23(2)20(26)10-14-9-16-15-8-13(22-19(25)7-12-3-4-12)5-6-17(15)28-21(16)18(11-24)27-14/h5-6,8,12,14,16,18,21,24H,3-4,7,9-11H2,1-2H3,(H,22,25)/t14-,16+,18+,21-/m0/s1. The third kappa shape index (κ3) is 4.00. The summed E-state index contributed by atoms with van der Waals surface area (Å²) >= 11 is 0. The van der Waals surface area contributed by atoms with Gasteiger partial charge in [0.05, 0.1) is 19.1 Å². The average Bonchev–Trinajstić information content (AvgIpc) is 3.39. The molecule has 1 aliphatic carbocycles. The molecule has 0 bridgehead atoms. The Balaban J connectivity index is 1.50. The number of carbonyl (C=O) groups excluding carboxylic acids is 2. The van der Waals surface area contributed by atoms with Gasteiger partial charge in [0.15, 0.2) is 0 Å². The predicted molar refractivity (Wildman–Crippen MR) is 103 cm³/mol. The van der Waals surface area contributed by atoms with Crippen molar-refractivity contribution >= 4 is 17.5 Å². The number of hydrogen-bond acceptors (Lipinski definition) is 5. The van der Waals surface area contributed by atoms with Crippen LogP contribution >= 0.6 is 0 Å². The fourth-order valence-electron chi connectivity index (χ4n) is 4.14. The Kier molecular flexibility index (Phi) is 5.29. The van der Waals surface area contributed by atoms with E-state index in [0.29, 0.717) is 18.8 Å². The lowest BCUT2D eigenvalue weighted by Gasteiger charge is -2.37. The van der Waals surface area contributed by atoms with Crippen molar-refractivity contribution in [1.82, 2.24) is 4.90 Å². The van der Waals surface area contributed by atoms with Gasteiger partial charge in [0.1, 0.15) is 18.0 Å². The van der Waals surface area contributed by atoms with E-state index in [2.05, 4.69) is 5.32 Å². The Bertz CT molecular complexity index is 761. The topological polar surface area (TPSA) is 88.1 Å². The van der Waals surface area contributed by atoms with Crippen molar-refractivity contribution in [2.75, 3.05) is 26.0 Å². The van der Waals surface area contributed by atoms with Crippen molar-refractivity contribution in [2.24, 2.45) is 5.92 Å². The lowest BCUT2D eigenvalue weighted by Crippen LogP contribution is -2.47. The molecule has 3 aliphatic rings. The Morgan fingerprint density at radius 1 is 1.25 bits per heavy atom. The Morgan fingerprint density at radius 3 is 2.71 bits per heavy atom. The smallest absolute Gasteiger partial charge is 0.224 e. The lowest BCUT2D eigenvalue weighted by atomic mass is 9.84. The molecule has 7 heteroatoms. The van der Waals surface area contributed by atoms with Gasteiger partial charge in [0.25, 0.3) is 0 Å². The summed E-state index contributed by atoms with van der Waals surface area (Å²) in [6.07, 6.45) is 2.77. The van der Waals surface area contributed by atoms with Gasteiger partial charge in [0.2, 0.25) is 11.8 Å². The zero-order valence-corrected chi connectivity index (χ0v) is 16.4. The van der Waals surface area contributed by atoms with Crippen molar-refractivity contribution in [3.8, 4) is 5.75 Å². The molecule has 2 heterocycles. The number of ether oxygens (including phenoxy) is 2. The van der Waals surface area contributed by atoms with Gasteiger partial charge in [-0.1, -0.05) is 0 Å². The molecule has 0 radical (unpaired) electrons. The Labute approximate surface area is 165 Å². The van der Waals surface area contributed by atoms with Crippen molar-refractivity contribution in [3.63, 3.8) is 0 Å². The molecule has 2 amide bonds. The fourth-order valence-corrected chi connectivity index (χ4v) is 4.14. The number of anilines is 1. The lowest BCUT2D eigenvalue weighted by molar-refractivity contribution is -0.147. The second-order valence-corrected chi connectivity index (χ2v) is 8.34. The number of benzene rings is 1. The normalized spacial score (nSPS) is 28.1. The van der Waals surface area contributed by atoms with Crippen LogP contribution in [-0.4, -0.2) is 60.8 Å². The summed E-state index contributed by atoms with van der Waals surface area (Å²) in [5.41, 5.74) is 1.78. The van der Waals surface area contributed by atoms with Crippen LogP contribution in [0.2, 0.25) is 0 Å². The summed E-state index contributed by atoms with van der Waals surface area (Å²) < 4.78 is 12.0. The average molecular weight is 388 g/mol. The summed E-state index contributed by atoms with van der Waals surface area (Å²) in [6, 6.07) is 5.69. The molecular formula is C21H28N2O5. The van der Waals surface area contributed by atoms with Crippen LogP contribution in [0, 0.1) is 5.92 Å². The Morgan fingerprint density at radius 2 is 2.04 bits per heavy atom. The van der Waals surface area contributed by atoms with E-state index in [1.807, 2.05) is 18.2 Å². The molecule has 4 atom stereocenters. The molecule has 2 N–H and O–H groups in total. The van der Waals surface area contributed by atoms with Crippen LogP contribution in [0.15, 0.2) is 18.2 Å². The van der Waals surface area contributed by atoms with Gasteiger partial charge in [-0.05, 0) is 43.4 Å². The SMILES string of the molecule is CN(C)C(=O)C[C@@H]1C[C@@H]2c3cc(NC(=O)CC4CC4)ccc3O[C@@H]2[C@@H](CO)O1. The number of hydrogen-bond donors (Lipinski definition) is 2. The molecule has 7 nitrogen and oxygen atoms in total. The van der Waals surface area contributed by atoms with Gasteiger partial charge >= 0.3 is 0 Å². The number of carbonyl (C=O) groups is 2. The monoisotopic (exact) mass is 388 g/mol. The maximum atomic E-state index is 12.1. The number of aliphatic hydroxyl groups is 1. The van der Waals surface area contributed by atoms with Crippen molar-refractivity contribution in [2.45, 2.75) is 56.3 Å². The molecular weight excluding hydrogens is 360 g/mol. The van der Waals surface area contributed by atoms with Gasteiger partial charge in [-0.3, -0.25) is 9.59 Å². The first-order valence-corrected chi connectivity index (χ1v) is 10.0. The third-order valence-corrected chi connectivity index (χ3v) is 5.86. The highest BCUT2D eigenvalue weighted by atomic mass is 16.6. The van der Waals surface area contributed by atoms with Gasteiger partial charge in [-0.15, -0.1) is 0 Å². The van der Waals surface area contributed by atoms with E-state index in [9.17, 15) is 14.7 Å². The van der Waals surface area contributed by atoms with Gasteiger partial charge < -0.3 is 24.8 Å². The highest BCUT2D eigenvalue weighted by Crippen LogP contribution is 2.47. The first-order chi connectivity index (χ1) is 13.4. The maximum Gasteiger partial charge on any atom is 0.224 e. The third-order valence-electron chi connectivity index (χ3n) is 5.86. The van der Waals surface area contributed by atoms with Gasteiger partial charge in [-0.25, -0.2) is 0 Å². The first-order valence-electron chi connectivity index (χ1n) is 10.0. The quantitative estimate of drug-likeness (QED) is 0.777. The molecule has 0 spiro atoms. The largest absolute Gasteiger partial charge is 0.487 e. The van der Waals surface area contributed by atoms with Crippen LogP contribution in [-0.2, 0) is 14.3 Å². The number of nitrogens with one attached hydrogen (secondary N) is 1. The van der Waals surface area contributed by atoms with E-state index >= 15 is 0 Å². The number of fused-ring (bicyclic) bond motifs is 3. The zero-order valence-electron chi connectivity index (χ0n) is 16.4. The second kappa shape index (κ2) is 7.72. The van der Waals surface area contributed by atoms with Crippen molar-refractivity contribution in [3.05, 3.63) is 23.8 Å². The van der Waals surface area contributed by atoms with Crippen LogP contribution in [0.3, 0.4) is 0 Å². The summed E-state index contributed by atoms with van der Waals surface area (Å²) in [5, 5.41) is 12.8.